The molecule has 2 atom stereocenters. The predicted octanol–water partition coefficient (Wildman–Crippen LogP) is -0.905. The van der Waals surface area contributed by atoms with E-state index in [-0.39, 0.29) is 12.4 Å². The summed E-state index contributed by atoms with van der Waals surface area (Å²) in [5, 5.41) is 17.4. The van der Waals surface area contributed by atoms with Gasteiger partial charge in [0.2, 0.25) is 0 Å². The van der Waals surface area contributed by atoms with E-state index >= 15 is 0 Å². The quantitative estimate of drug-likeness (QED) is 0.481. The van der Waals surface area contributed by atoms with Crippen LogP contribution in [0, 0.1) is 5.92 Å². The molecule has 3 nitrogen and oxygen atoms in total. The SMILES string of the molecule is O=C1C=CC(O)C1CO. The highest BCUT2D eigenvalue weighted by molar-refractivity contribution is 5.95. The maximum Gasteiger partial charge on any atom is 0.163 e. The van der Waals surface area contributed by atoms with Gasteiger partial charge in [0.1, 0.15) is 0 Å². The van der Waals surface area contributed by atoms with Crippen molar-refractivity contribution in [3.63, 3.8) is 0 Å². The first-order valence-corrected chi connectivity index (χ1v) is 2.76. The van der Waals surface area contributed by atoms with Gasteiger partial charge in [-0.2, -0.15) is 0 Å². The first kappa shape index (κ1) is 6.45. The van der Waals surface area contributed by atoms with Gasteiger partial charge in [0.05, 0.1) is 18.6 Å². The number of ketones is 1. The van der Waals surface area contributed by atoms with Crippen LogP contribution in [0.4, 0.5) is 0 Å². The van der Waals surface area contributed by atoms with Crippen molar-refractivity contribution in [1.82, 2.24) is 0 Å². The van der Waals surface area contributed by atoms with Gasteiger partial charge in [-0.25, -0.2) is 0 Å². The number of aliphatic hydroxyl groups excluding tert-OH is 2. The second-order valence-electron chi connectivity index (χ2n) is 2.04. The molecule has 0 aromatic heterocycles. The van der Waals surface area contributed by atoms with Gasteiger partial charge in [-0.3, -0.25) is 4.79 Å². The molecule has 0 radical (unpaired) electrons. The molecule has 0 amide bonds. The number of carbonyl (C=O) groups excluding carboxylic acids is 1. The monoisotopic (exact) mass is 128 g/mol. The highest BCUT2D eigenvalue weighted by Gasteiger charge is 2.26. The van der Waals surface area contributed by atoms with E-state index in [0.717, 1.165) is 0 Å². The molecule has 0 heterocycles. The van der Waals surface area contributed by atoms with Crippen LogP contribution in [0.25, 0.3) is 0 Å². The lowest BCUT2D eigenvalue weighted by atomic mass is 10.1. The minimum absolute atomic E-state index is 0.190. The molecule has 1 aliphatic rings. The largest absolute Gasteiger partial charge is 0.395 e. The van der Waals surface area contributed by atoms with Gasteiger partial charge >= 0.3 is 0 Å². The van der Waals surface area contributed by atoms with Gasteiger partial charge in [-0.15, -0.1) is 0 Å². The van der Waals surface area contributed by atoms with Crippen LogP contribution in [-0.4, -0.2) is 28.7 Å². The lowest BCUT2D eigenvalue weighted by molar-refractivity contribution is -0.120. The Kier molecular flexibility index (Phi) is 1.64. The number of aliphatic hydroxyl groups is 2. The summed E-state index contributed by atoms with van der Waals surface area (Å²) in [5.41, 5.74) is 0. The fourth-order valence-electron chi connectivity index (χ4n) is 0.817. The molecule has 3 heteroatoms. The van der Waals surface area contributed by atoms with E-state index in [0.29, 0.717) is 0 Å². The molecule has 0 aromatic carbocycles. The molecule has 1 rings (SSSR count). The van der Waals surface area contributed by atoms with E-state index in [4.69, 9.17) is 10.2 Å². The van der Waals surface area contributed by atoms with E-state index in [2.05, 4.69) is 0 Å². The van der Waals surface area contributed by atoms with E-state index < -0.39 is 12.0 Å². The smallest absolute Gasteiger partial charge is 0.163 e. The summed E-state index contributed by atoms with van der Waals surface area (Å²) in [4.78, 5) is 10.6. The summed E-state index contributed by atoms with van der Waals surface area (Å²) in [7, 11) is 0. The van der Waals surface area contributed by atoms with E-state index in [1.165, 1.54) is 12.2 Å². The summed E-state index contributed by atoms with van der Waals surface area (Å²) < 4.78 is 0. The molecule has 0 fully saturated rings. The lowest BCUT2D eigenvalue weighted by Gasteiger charge is -2.07. The third-order valence-corrected chi connectivity index (χ3v) is 1.43. The Labute approximate surface area is 52.6 Å². The Balaban J connectivity index is 2.63. The Hall–Kier alpha value is -0.670. The van der Waals surface area contributed by atoms with Crippen molar-refractivity contribution in [2.24, 2.45) is 5.92 Å². The summed E-state index contributed by atoms with van der Waals surface area (Å²) in [6, 6.07) is 0. The van der Waals surface area contributed by atoms with Crippen LogP contribution in [0.5, 0.6) is 0 Å². The van der Waals surface area contributed by atoms with E-state index in [9.17, 15) is 4.79 Å². The average molecular weight is 128 g/mol. The lowest BCUT2D eigenvalue weighted by Crippen LogP contribution is -2.23. The number of rotatable bonds is 1. The minimum atomic E-state index is -0.775. The van der Waals surface area contributed by atoms with Crippen LogP contribution >= 0.6 is 0 Å². The number of carbonyl (C=O) groups is 1. The number of hydrogen-bond acceptors (Lipinski definition) is 3. The van der Waals surface area contributed by atoms with Gasteiger partial charge < -0.3 is 10.2 Å². The first-order chi connectivity index (χ1) is 4.25. The van der Waals surface area contributed by atoms with Crippen molar-refractivity contribution in [3.05, 3.63) is 12.2 Å². The van der Waals surface area contributed by atoms with Crippen molar-refractivity contribution in [3.8, 4) is 0 Å². The molecule has 0 aromatic rings. The first-order valence-electron chi connectivity index (χ1n) is 2.76. The highest BCUT2D eigenvalue weighted by Crippen LogP contribution is 2.13. The van der Waals surface area contributed by atoms with E-state index in [1.54, 1.807) is 0 Å². The third-order valence-electron chi connectivity index (χ3n) is 1.43. The molecule has 9 heavy (non-hydrogen) atoms. The van der Waals surface area contributed by atoms with Crippen molar-refractivity contribution in [2.75, 3.05) is 6.61 Å². The molecule has 0 saturated heterocycles. The predicted molar refractivity (Wildman–Crippen MR) is 30.7 cm³/mol. The number of allylic oxidation sites excluding steroid dienone is 1. The molecule has 2 N–H and O–H groups in total. The zero-order valence-electron chi connectivity index (χ0n) is 4.82. The summed E-state index contributed by atoms with van der Waals surface area (Å²) in [5.74, 6) is -0.796. The highest BCUT2D eigenvalue weighted by atomic mass is 16.3. The Bertz CT molecular complexity index is 150. The van der Waals surface area contributed by atoms with Gasteiger partial charge in [0.25, 0.3) is 0 Å². The van der Waals surface area contributed by atoms with Crippen molar-refractivity contribution < 1.29 is 15.0 Å². The normalized spacial score (nSPS) is 33.8. The van der Waals surface area contributed by atoms with Gasteiger partial charge in [0, 0.05) is 0 Å². The summed E-state index contributed by atoms with van der Waals surface area (Å²) in [6.07, 6.45) is 1.91. The van der Waals surface area contributed by atoms with Crippen molar-refractivity contribution in [2.45, 2.75) is 6.10 Å². The molecule has 0 spiro atoms. The minimum Gasteiger partial charge on any atom is -0.395 e. The summed E-state index contributed by atoms with van der Waals surface area (Å²) >= 11 is 0. The number of hydrogen-bond donors (Lipinski definition) is 2. The fourth-order valence-corrected chi connectivity index (χ4v) is 0.817. The second-order valence-corrected chi connectivity index (χ2v) is 2.04. The molecular formula is C6H8O3. The maximum atomic E-state index is 10.6. The van der Waals surface area contributed by atoms with Crippen LogP contribution in [-0.2, 0) is 4.79 Å². The van der Waals surface area contributed by atoms with Crippen LogP contribution in [0.2, 0.25) is 0 Å². The topological polar surface area (TPSA) is 57.5 Å². The Morgan fingerprint density at radius 1 is 1.67 bits per heavy atom. The second kappa shape index (κ2) is 2.29. The Morgan fingerprint density at radius 3 is 2.56 bits per heavy atom. The Morgan fingerprint density at radius 2 is 2.33 bits per heavy atom. The summed E-state index contributed by atoms with van der Waals surface area (Å²) in [6.45, 7) is -0.271. The molecule has 0 saturated carbocycles. The zero-order valence-corrected chi connectivity index (χ0v) is 4.82. The van der Waals surface area contributed by atoms with Gasteiger partial charge in [-0.05, 0) is 6.08 Å². The van der Waals surface area contributed by atoms with Gasteiger partial charge in [0.15, 0.2) is 5.78 Å². The van der Waals surface area contributed by atoms with Crippen LogP contribution < -0.4 is 0 Å². The maximum absolute atomic E-state index is 10.6. The third kappa shape index (κ3) is 1.01. The van der Waals surface area contributed by atoms with Crippen LogP contribution in [0.3, 0.4) is 0 Å². The van der Waals surface area contributed by atoms with Crippen LogP contribution in [0.1, 0.15) is 0 Å². The standard InChI is InChI=1S/C6H8O3/c7-3-4-5(8)1-2-6(4)9/h1-2,4-5,7-8H,3H2. The molecular weight excluding hydrogens is 120 g/mol. The molecule has 0 aliphatic heterocycles. The molecule has 2 unspecified atom stereocenters. The zero-order chi connectivity index (χ0) is 6.85. The van der Waals surface area contributed by atoms with Crippen LogP contribution in [0.15, 0.2) is 12.2 Å². The fraction of sp³-hybridized carbons (Fsp3) is 0.500. The molecule has 1 aliphatic carbocycles. The molecule has 50 valence electrons. The van der Waals surface area contributed by atoms with Crippen molar-refractivity contribution >= 4 is 5.78 Å². The van der Waals surface area contributed by atoms with Crippen molar-refractivity contribution in [1.29, 1.82) is 0 Å². The van der Waals surface area contributed by atoms with E-state index in [1.807, 2.05) is 0 Å². The molecule has 0 bridgehead atoms. The van der Waals surface area contributed by atoms with Gasteiger partial charge in [-0.1, -0.05) is 6.08 Å². The average Bonchev–Trinajstić information content (AvgIpc) is 2.12.